The molecular weight excluding hydrogens is 202 g/mol. The fourth-order valence-corrected chi connectivity index (χ4v) is 3.33. The van der Waals surface area contributed by atoms with Gasteiger partial charge in [-0.1, -0.05) is 6.92 Å². The van der Waals surface area contributed by atoms with Crippen molar-refractivity contribution in [1.82, 2.24) is 4.90 Å². The summed E-state index contributed by atoms with van der Waals surface area (Å²) in [7, 11) is 0.0241. The van der Waals surface area contributed by atoms with Gasteiger partial charge < -0.3 is 4.90 Å². The van der Waals surface area contributed by atoms with Gasteiger partial charge >= 0.3 is 0 Å². The van der Waals surface area contributed by atoms with Crippen LogP contribution in [0, 0.1) is 5.92 Å². The molecule has 0 radical (unpaired) electrons. The van der Waals surface area contributed by atoms with Crippen LogP contribution >= 0.6 is 0 Å². The first-order valence-electron chi connectivity index (χ1n) is 4.95. The summed E-state index contributed by atoms with van der Waals surface area (Å²) in [4.78, 5) is 2.03. The van der Waals surface area contributed by atoms with Crippen molar-refractivity contribution in [1.29, 1.82) is 0 Å². The Labute approximate surface area is 86.0 Å². The highest BCUT2D eigenvalue weighted by atomic mass is 32.2. The van der Waals surface area contributed by atoms with Crippen LogP contribution in [0.25, 0.3) is 0 Å². The zero-order valence-corrected chi connectivity index (χ0v) is 9.79. The Morgan fingerprint density at radius 3 is 2.29 bits per heavy atom. The van der Waals surface area contributed by atoms with Gasteiger partial charge in [-0.15, -0.1) is 0 Å². The highest BCUT2D eigenvalue weighted by molar-refractivity contribution is 7.86. The maximum atomic E-state index is 11.1. The van der Waals surface area contributed by atoms with Crippen LogP contribution in [-0.2, 0) is 10.1 Å². The lowest BCUT2D eigenvalue weighted by Gasteiger charge is -2.35. The third-order valence-electron chi connectivity index (χ3n) is 3.21. The van der Waals surface area contributed by atoms with Crippen molar-refractivity contribution < 1.29 is 13.0 Å². The monoisotopic (exact) mass is 221 g/mol. The average Bonchev–Trinajstić information content (AvgIpc) is 2.02. The maximum absolute atomic E-state index is 11.1. The summed E-state index contributed by atoms with van der Waals surface area (Å²) < 4.78 is 31.3. The molecule has 84 valence electrons. The number of hydrogen-bond donors (Lipinski definition) is 1. The Hall–Kier alpha value is -0.130. The molecule has 0 bridgehead atoms. The van der Waals surface area contributed by atoms with Crippen molar-refractivity contribution in [2.24, 2.45) is 5.92 Å². The first-order chi connectivity index (χ1) is 6.32. The first-order valence-corrected chi connectivity index (χ1v) is 6.45. The van der Waals surface area contributed by atoms with Crippen molar-refractivity contribution >= 4 is 10.1 Å². The van der Waals surface area contributed by atoms with E-state index in [1.165, 1.54) is 0 Å². The molecule has 1 rings (SSSR count). The summed E-state index contributed by atoms with van der Waals surface area (Å²) in [5, 5.41) is -0.580. The summed E-state index contributed by atoms with van der Waals surface area (Å²) in [5.41, 5.74) is 0. The van der Waals surface area contributed by atoms with E-state index >= 15 is 0 Å². The Morgan fingerprint density at radius 1 is 1.29 bits per heavy atom. The molecule has 14 heavy (non-hydrogen) atoms. The number of nitrogens with zero attached hydrogens (tertiary/aromatic N) is 1. The van der Waals surface area contributed by atoms with Crippen LogP contribution in [0.5, 0.6) is 0 Å². The molecule has 1 N–H and O–H groups in total. The lowest BCUT2D eigenvalue weighted by molar-refractivity contribution is 0.198. The minimum Gasteiger partial charge on any atom is -0.306 e. The summed E-state index contributed by atoms with van der Waals surface area (Å²) in [6, 6.07) is 0.276. The fourth-order valence-electron chi connectivity index (χ4n) is 2.14. The summed E-state index contributed by atoms with van der Waals surface area (Å²) in [6.07, 6.45) is 2.43. The van der Waals surface area contributed by atoms with Crippen molar-refractivity contribution in [3.63, 3.8) is 0 Å². The Morgan fingerprint density at radius 2 is 1.86 bits per heavy atom. The van der Waals surface area contributed by atoms with E-state index < -0.39 is 15.4 Å². The third kappa shape index (κ3) is 2.68. The van der Waals surface area contributed by atoms with E-state index in [9.17, 15) is 8.42 Å². The Bertz CT molecular complexity index is 286. The van der Waals surface area contributed by atoms with Crippen LogP contribution in [0.15, 0.2) is 0 Å². The van der Waals surface area contributed by atoms with Crippen LogP contribution in [0.1, 0.15) is 26.2 Å². The van der Waals surface area contributed by atoms with E-state index in [-0.39, 0.29) is 12.0 Å². The van der Waals surface area contributed by atoms with Gasteiger partial charge in [-0.25, -0.2) is 0 Å². The zero-order valence-electron chi connectivity index (χ0n) is 8.97. The van der Waals surface area contributed by atoms with Crippen LogP contribution in [0.4, 0.5) is 0 Å². The van der Waals surface area contributed by atoms with Crippen LogP contribution in [-0.4, -0.2) is 43.3 Å². The van der Waals surface area contributed by atoms with Gasteiger partial charge in [0.15, 0.2) is 0 Å². The SMILES string of the molecule is CC1CCC(N(C)C)CC1S(=O)(=O)O. The van der Waals surface area contributed by atoms with Gasteiger partial charge in [-0.05, 0) is 39.3 Å². The molecule has 0 aromatic heterocycles. The molecule has 5 heteroatoms. The molecule has 3 atom stereocenters. The molecule has 0 spiro atoms. The average molecular weight is 221 g/mol. The molecule has 0 heterocycles. The van der Waals surface area contributed by atoms with Crippen molar-refractivity contribution in [2.45, 2.75) is 37.5 Å². The molecular formula is C9H19NO3S. The predicted octanol–water partition coefficient (Wildman–Crippen LogP) is 0.993. The van der Waals surface area contributed by atoms with Crippen molar-refractivity contribution in [3.8, 4) is 0 Å². The summed E-state index contributed by atoms with van der Waals surface area (Å²) >= 11 is 0. The predicted molar refractivity (Wildman–Crippen MR) is 55.8 cm³/mol. The van der Waals surface area contributed by atoms with Crippen LogP contribution in [0.3, 0.4) is 0 Å². The van der Waals surface area contributed by atoms with Gasteiger partial charge in [0.1, 0.15) is 0 Å². The number of hydrogen-bond acceptors (Lipinski definition) is 3. The summed E-state index contributed by atoms with van der Waals surface area (Å²) in [5.74, 6) is 0.0706. The molecule has 4 nitrogen and oxygen atoms in total. The minimum absolute atomic E-state index is 0.0706. The molecule has 1 fully saturated rings. The van der Waals surface area contributed by atoms with Gasteiger partial charge in [0.25, 0.3) is 10.1 Å². The van der Waals surface area contributed by atoms with E-state index in [1.54, 1.807) is 0 Å². The topological polar surface area (TPSA) is 57.6 Å². The summed E-state index contributed by atoms with van der Waals surface area (Å²) in [6.45, 7) is 1.89. The van der Waals surface area contributed by atoms with Gasteiger partial charge in [-0.3, -0.25) is 4.55 Å². The second-order valence-electron chi connectivity index (χ2n) is 4.46. The molecule has 1 aliphatic rings. The minimum atomic E-state index is -3.87. The maximum Gasteiger partial charge on any atom is 0.268 e. The van der Waals surface area contributed by atoms with Gasteiger partial charge in [-0.2, -0.15) is 8.42 Å². The van der Waals surface area contributed by atoms with E-state index in [4.69, 9.17) is 4.55 Å². The standard InChI is InChI=1S/C9H19NO3S/c1-7-4-5-8(10(2)3)6-9(7)14(11,12)13/h7-9H,4-6H2,1-3H3,(H,11,12,13). The van der Waals surface area contributed by atoms with E-state index in [2.05, 4.69) is 0 Å². The fraction of sp³-hybridized carbons (Fsp3) is 1.00. The molecule has 0 saturated heterocycles. The number of rotatable bonds is 2. The lowest BCUT2D eigenvalue weighted by atomic mass is 9.86. The lowest BCUT2D eigenvalue weighted by Crippen LogP contribution is -2.42. The van der Waals surface area contributed by atoms with Gasteiger partial charge in [0, 0.05) is 6.04 Å². The second kappa shape index (κ2) is 4.16. The third-order valence-corrected chi connectivity index (χ3v) is 4.63. The largest absolute Gasteiger partial charge is 0.306 e. The van der Waals surface area contributed by atoms with Gasteiger partial charge in [0.2, 0.25) is 0 Å². The highest BCUT2D eigenvalue weighted by Gasteiger charge is 2.36. The molecule has 1 saturated carbocycles. The van der Waals surface area contributed by atoms with E-state index in [0.717, 1.165) is 12.8 Å². The van der Waals surface area contributed by atoms with Crippen LogP contribution in [0.2, 0.25) is 0 Å². The smallest absolute Gasteiger partial charge is 0.268 e. The molecule has 0 aliphatic heterocycles. The molecule has 0 amide bonds. The molecule has 3 unspecified atom stereocenters. The second-order valence-corrected chi connectivity index (χ2v) is 6.10. The van der Waals surface area contributed by atoms with Gasteiger partial charge in [0.05, 0.1) is 5.25 Å². The molecule has 0 aromatic carbocycles. The van der Waals surface area contributed by atoms with E-state index in [1.807, 2.05) is 25.9 Å². The quantitative estimate of drug-likeness (QED) is 0.707. The van der Waals surface area contributed by atoms with E-state index in [0.29, 0.717) is 6.42 Å². The first kappa shape index (κ1) is 11.9. The van der Waals surface area contributed by atoms with Crippen molar-refractivity contribution in [2.75, 3.05) is 14.1 Å². The normalized spacial score (nSPS) is 34.8. The Kier molecular flexibility index (Phi) is 3.55. The Balaban J connectivity index is 2.75. The van der Waals surface area contributed by atoms with Crippen molar-refractivity contribution in [3.05, 3.63) is 0 Å². The van der Waals surface area contributed by atoms with Crippen LogP contribution < -0.4 is 0 Å². The highest BCUT2D eigenvalue weighted by Crippen LogP contribution is 2.30. The molecule has 0 aromatic rings. The molecule has 1 aliphatic carbocycles. The zero-order chi connectivity index (χ0) is 10.9.